The summed E-state index contributed by atoms with van der Waals surface area (Å²) in [6.07, 6.45) is 3.68. The molecule has 0 amide bonds. The van der Waals surface area contributed by atoms with Crippen molar-refractivity contribution in [2.24, 2.45) is 0 Å². The lowest BCUT2D eigenvalue weighted by Crippen LogP contribution is -2.12. The topological polar surface area (TPSA) is 46.0 Å². The van der Waals surface area contributed by atoms with Gasteiger partial charge in [0.05, 0.1) is 0 Å². The van der Waals surface area contributed by atoms with E-state index in [0.717, 1.165) is 11.1 Å². The Kier molecular flexibility index (Phi) is 2.84. The molecule has 1 heterocycles. The van der Waals surface area contributed by atoms with E-state index in [1.165, 1.54) is 0 Å². The molecule has 2 aromatic rings. The zero-order valence-corrected chi connectivity index (χ0v) is 10.3. The number of aromatic nitrogens is 2. The number of nitrogens with zero attached hydrogens (tertiary/aromatic N) is 2. The van der Waals surface area contributed by atoms with E-state index in [1.807, 2.05) is 18.5 Å². The molecule has 0 radical (unpaired) electrons. The Morgan fingerprint density at radius 1 is 1.06 bits per heavy atom. The molecule has 0 saturated carbocycles. The number of benzene rings is 1. The van der Waals surface area contributed by atoms with E-state index in [1.54, 1.807) is 18.2 Å². The second-order valence-corrected chi connectivity index (χ2v) is 5.10. The number of hydrogen-bond donors (Lipinski definition) is 1. The SMILES string of the molecule is CC(C)(C)c1cnc(-c2cccc(O)c2)nc1. The van der Waals surface area contributed by atoms with Gasteiger partial charge in [0.1, 0.15) is 5.75 Å². The average Bonchev–Trinajstić information content (AvgIpc) is 2.28. The standard InChI is InChI=1S/C14H16N2O/c1-14(2,3)11-8-15-13(16-9-11)10-5-4-6-12(17)7-10/h4-9,17H,1-3H3. The van der Waals surface area contributed by atoms with Crippen LogP contribution in [0.2, 0.25) is 0 Å². The van der Waals surface area contributed by atoms with Gasteiger partial charge in [0.2, 0.25) is 0 Å². The van der Waals surface area contributed by atoms with Crippen molar-refractivity contribution in [2.75, 3.05) is 0 Å². The molecule has 0 fully saturated rings. The Morgan fingerprint density at radius 3 is 2.24 bits per heavy atom. The van der Waals surface area contributed by atoms with Crippen molar-refractivity contribution >= 4 is 0 Å². The van der Waals surface area contributed by atoms with Crippen LogP contribution in [0, 0.1) is 0 Å². The molecule has 0 unspecified atom stereocenters. The van der Waals surface area contributed by atoms with Gasteiger partial charge in [-0.1, -0.05) is 32.9 Å². The highest BCUT2D eigenvalue weighted by atomic mass is 16.3. The Balaban J connectivity index is 2.36. The fourth-order valence-electron chi connectivity index (χ4n) is 1.51. The van der Waals surface area contributed by atoms with Gasteiger partial charge in [0, 0.05) is 18.0 Å². The van der Waals surface area contributed by atoms with Gasteiger partial charge in [0.15, 0.2) is 5.82 Å². The number of phenols is 1. The van der Waals surface area contributed by atoms with Gasteiger partial charge in [-0.05, 0) is 23.1 Å². The molecule has 1 aromatic heterocycles. The molecule has 88 valence electrons. The van der Waals surface area contributed by atoms with E-state index >= 15 is 0 Å². The third-order valence-corrected chi connectivity index (χ3v) is 2.62. The van der Waals surface area contributed by atoms with Crippen LogP contribution in [-0.2, 0) is 5.41 Å². The van der Waals surface area contributed by atoms with Crippen LogP contribution < -0.4 is 0 Å². The molecule has 0 aliphatic rings. The Hall–Kier alpha value is -1.90. The maximum absolute atomic E-state index is 9.40. The first kappa shape index (κ1) is 11.6. The summed E-state index contributed by atoms with van der Waals surface area (Å²) in [7, 11) is 0. The molecule has 1 aromatic carbocycles. The lowest BCUT2D eigenvalue weighted by molar-refractivity contribution is 0.475. The zero-order chi connectivity index (χ0) is 12.5. The first-order valence-corrected chi connectivity index (χ1v) is 5.59. The number of aromatic hydroxyl groups is 1. The van der Waals surface area contributed by atoms with Crippen molar-refractivity contribution < 1.29 is 5.11 Å². The highest BCUT2D eigenvalue weighted by Crippen LogP contribution is 2.23. The molecule has 0 spiro atoms. The van der Waals surface area contributed by atoms with Gasteiger partial charge in [-0.3, -0.25) is 0 Å². The number of rotatable bonds is 1. The lowest BCUT2D eigenvalue weighted by Gasteiger charge is -2.17. The predicted octanol–water partition coefficient (Wildman–Crippen LogP) is 3.15. The fourth-order valence-corrected chi connectivity index (χ4v) is 1.51. The summed E-state index contributed by atoms with van der Waals surface area (Å²) in [5, 5.41) is 9.40. The molecule has 0 aliphatic carbocycles. The summed E-state index contributed by atoms with van der Waals surface area (Å²) in [5.74, 6) is 0.861. The van der Waals surface area contributed by atoms with Crippen LogP contribution in [0.5, 0.6) is 5.75 Å². The minimum atomic E-state index is 0.0529. The summed E-state index contributed by atoms with van der Waals surface area (Å²) in [4.78, 5) is 8.67. The summed E-state index contributed by atoms with van der Waals surface area (Å²) >= 11 is 0. The van der Waals surface area contributed by atoms with Gasteiger partial charge in [-0.2, -0.15) is 0 Å². The quantitative estimate of drug-likeness (QED) is 0.815. The van der Waals surface area contributed by atoms with E-state index in [9.17, 15) is 5.11 Å². The molecule has 17 heavy (non-hydrogen) atoms. The van der Waals surface area contributed by atoms with Crippen LogP contribution in [0.4, 0.5) is 0 Å². The van der Waals surface area contributed by atoms with Crippen molar-refractivity contribution in [1.82, 2.24) is 9.97 Å². The molecule has 1 N–H and O–H groups in total. The molecule has 3 nitrogen and oxygen atoms in total. The molecule has 0 aliphatic heterocycles. The molecule has 3 heteroatoms. The average molecular weight is 228 g/mol. The van der Waals surface area contributed by atoms with Crippen LogP contribution >= 0.6 is 0 Å². The lowest BCUT2D eigenvalue weighted by atomic mass is 9.89. The minimum Gasteiger partial charge on any atom is -0.508 e. The molecular formula is C14H16N2O. The summed E-state index contributed by atoms with van der Waals surface area (Å²) in [6, 6.07) is 6.95. The first-order valence-electron chi connectivity index (χ1n) is 5.59. The Morgan fingerprint density at radius 2 is 1.71 bits per heavy atom. The molecular weight excluding hydrogens is 212 g/mol. The summed E-state index contributed by atoms with van der Waals surface area (Å²) in [5.41, 5.74) is 1.98. The van der Waals surface area contributed by atoms with E-state index < -0.39 is 0 Å². The Bertz CT molecular complexity index is 512. The third kappa shape index (κ3) is 2.61. The van der Waals surface area contributed by atoms with Gasteiger partial charge in [-0.25, -0.2) is 9.97 Å². The summed E-state index contributed by atoms with van der Waals surface area (Å²) < 4.78 is 0. The van der Waals surface area contributed by atoms with Gasteiger partial charge < -0.3 is 5.11 Å². The maximum Gasteiger partial charge on any atom is 0.159 e. The molecule has 0 atom stereocenters. The Labute approximate surface area is 101 Å². The smallest absolute Gasteiger partial charge is 0.159 e. The van der Waals surface area contributed by atoms with Crippen LogP contribution in [0.1, 0.15) is 26.3 Å². The first-order chi connectivity index (χ1) is 7.97. The predicted molar refractivity (Wildman–Crippen MR) is 67.8 cm³/mol. The monoisotopic (exact) mass is 228 g/mol. The minimum absolute atomic E-state index is 0.0529. The van der Waals surface area contributed by atoms with Crippen LogP contribution in [-0.4, -0.2) is 15.1 Å². The third-order valence-electron chi connectivity index (χ3n) is 2.62. The van der Waals surface area contributed by atoms with Crippen molar-refractivity contribution in [3.05, 3.63) is 42.2 Å². The van der Waals surface area contributed by atoms with E-state index in [-0.39, 0.29) is 11.2 Å². The van der Waals surface area contributed by atoms with Gasteiger partial charge in [-0.15, -0.1) is 0 Å². The fraction of sp³-hybridized carbons (Fsp3) is 0.286. The largest absolute Gasteiger partial charge is 0.508 e. The van der Waals surface area contributed by atoms with Gasteiger partial charge >= 0.3 is 0 Å². The molecule has 0 saturated heterocycles. The zero-order valence-electron chi connectivity index (χ0n) is 10.3. The normalized spacial score (nSPS) is 11.5. The van der Waals surface area contributed by atoms with E-state index in [4.69, 9.17) is 0 Å². The van der Waals surface area contributed by atoms with Gasteiger partial charge in [0.25, 0.3) is 0 Å². The van der Waals surface area contributed by atoms with Crippen LogP contribution in [0.15, 0.2) is 36.7 Å². The summed E-state index contributed by atoms with van der Waals surface area (Å²) in [6.45, 7) is 6.37. The number of phenolic OH excluding ortho intramolecular Hbond substituents is 1. The van der Waals surface area contributed by atoms with Crippen molar-refractivity contribution in [1.29, 1.82) is 0 Å². The van der Waals surface area contributed by atoms with E-state index in [0.29, 0.717) is 5.82 Å². The second-order valence-electron chi connectivity index (χ2n) is 5.10. The van der Waals surface area contributed by atoms with Crippen LogP contribution in [0.25, 0.3) is 11.4 Å². The molecule has 0 bridgehead atoms. The van der Waals surface area contributed by atoms with E-state index in [2.05, 4.69) is 30.7 Å². The van der Waals surface area contributed by atoms with Crippen molar-refractivity contribution in [3.63, 3.8) is 0 Å². The van der Waals surface area contributed by atoms with Crippen molar-refractivity contribution in [2.45, 2.75) is 26.2 Å². The second kappa shape index (κ2) is 4.17. The molecule has 2 rings (SSSR count). The number of hydrogen-bond acceptors (Lipinski definition) is 3. The van der Waals surface area contributed by atoms with Crippen molar-refractivity contribution in [3.8, 4) is 17.1 Å². The maximum atomic E-state index is 9.40. The highest BCUT2D eigenvalue weighted by molar-refractivity contribution is 5.57. The van der Waals surface area contributed by atoms with Crippen LogP contribution in [0.3, 0.4) is 0 Å². The highest BCUT2D eigenvalue weighted by Gasteiger charge is 2.14.